The molecule has 168 valence electrons. The number of carbonyl (C=O) groups excluding carboxylic acids is 2. The summed E-state index contributed by atoms with van der Waals surface area (Å²) in [7, 11) is 1.64. The van der Waals surface area contributed by atoms with Gasteiger partial charge in [-0.05, 0) is 37.8 Å². The first kappa shape index (κ1) is 21.8. The average Bonchev–Trinajstić information content (AvgIpc) is 3.20. The van der Waals surface area contributed by atoms with Crippen LogP contribution >= 0.6 is 0 Å². The average molecular weight is 429 g/mol. The molecular weight excluding hydrogens is 396 g/mol. The first-order chi connectivity index (χ1) is 15.1. The number of aliphatic hydroxyl groups excluding tert-OH is 1. The van der Waals surface area contributed by atoms with Gasteiger partial charge in [0.1, 0.15) is 0 Å². The molecule has 1 aliphatic carbocycles. The molecule has 0 unspecified atom stereocenters. The third-order valence-corrected chi connectivity index (χ3v) is 6.41. The lowest BCUT2D eigenvalue weighted by Gasteiger charge is -2.30. The van der Waals surface area contributed by atoms with E-state index in [-0.39, 0.29) is 17.7 Å². The number of aliphatic hydroxyl groups is 1. The number of rotatable bonds is 6. The monoisotopic (exact) mass is 428 g/mol. The minimum atomic E-state index is -0.499. The van der Waals surface area contributed by atoms with Gasteiger partial charge in [0.05, 0.1) is 35.6 Å². The summed E-state index contributed by atoms with van der Waals surface area (Å²) in [6.45, 7) is 2.01. The molecule has 0 spiro atoms. The van der Waals surface area contributed by atoms with E-state index in [1.54, 1.807) is 24.4 Å². The van der Waals surface area contributed by atoms with E-state index in [1.807, 2.05) is 10.6 Å². The topological polar surface area (TPSA) is 96.7 Å². The van der Waals surface area contributed by atoms with Crippen molar-refractivity contribution in [2.75, 3.05) is 32.1 Å². The summed E-state index contributed by atoms with van der Waals surface area (Å²) >= 11 is 0. The molecule has 2 amide bonds. The zero-order valence-corrected chi connectivity index (χ0v) is 18.2. The Morgan fingerprint density at radius 2 is 2.00 bits per heavy atom. The zero-order valence-electron chi connectivity index (χ0n) is 18.2. The Balaban J connectivity index is 1.66. The highest BCUT2D eigenvalue weighted by Gasteiger charge is 2.27. The summed E-state index contributed by atoms with van der Waals surface area (Å²) in [6, 6.07) is 3.60. The third kappa shape index (κ3) is 4.91. The molecule has 4 rings (SSSR count). The smallest absolute Gasteiger partial charge is 0.256 e. The second-order valence-corrected chi connectivity index (χ2v) is 8.69. The van der Waals surface area contributed by atoms with E-state index >= 15 is 0 Å². The lowest BCUT2D eigenvalue weighted by Crippen LogP contribution is -2.42. The van der Waals surface area contributed by atoms with E-state index in [2.05, 4.69) is 10.3 Å². The summed E-state index contributed by atoms with van der Waals surface area (Å²) in [5, 5.41) is 13.1. The predicted molar refractivity (Wildman–Crippen MR) is 118 cm³/mol. The number of ether oxygens (including phenoxy) is 1. The van der Waals surface area contributed by atoms with Gasteiger partial charge in [0.25, 0.3) is 5.91 Å². The van der Waals surface area contributed by atoms with Crippen LogP contribution in [-0.2, 0) is 16.1 Å². The number of amides is 2. The van der Waals surface area contributed by atoms with Crippen LogP contribution in [0.1, 0.15) is 55.3 Å². The molecule has 31 heavy (non-hydrogen) atoms. The summed E-state index contributed by atoms with van der Waals surface area (Å²) in [4.78, 5) is 32.4. The molecule has 2 heterocycles. The molecule has 2 aliphatic rings. The molecule has 8 heteroatoms. The van der Waals surface area contributed by atoms with Gasteiger partial charge < -0.3 is 24.6 Å². The van der Waals surface area contributed by atoms with Crippen LogP contribution in [0.2, 0.25) is 0 Å². The summed E-state index contributed by atoms with van der Waals surface area (Å²) < 4.78 is 7.12. The first-order valence-electron chi connectivity index (χ1n) is 11.3. The number of likely N-dealkylation sites (tertiary alicyclic amines) is 1. The lowest BCUT2D eigenvalue weighted by atomic mass is 9.88. The normalized spacial score (nSPS) is 20.2. The second kappa shape index (κ2) is 9.78. The molecule has 1 aromatic carbocycles. The molecular formula is C23H32N4O4. The molecule has 0 radical (unpaired) electrons. The number of fused-ring (bicyclic) bond motifs is 1. The SMILES string of the molecule is COCCn1cnc2cc(NC(=O)C3CCCCC3)cc(C(=O)N3CCC[C@H](O)C3)c21. The van der Waals surface area contributed by atoms with Crippen molar-refractivity contribution in [2.24, 2.45) is 5.92 Å². The molecule has 1 atom stereocenters. The minimum absolute atomic E-state index is 0.0182. The van der Waals surface area contributed by atoms with Crippen molar-refractivity contribution in [3.8, 4) is 0 Å². The number of methoxy groups -OCH3 is 1. The quantitative estimate of drug-likeness (QED) is 0.738. The molecule has 1 aromatic heterocycles. The van der Waals surface area contributed by atoms with E-state index in [9.17, 15) is 14.7 Å². The van der Waals surface area contributed by atoms with E-state index < -0.39 is 6.10 Å². The van der Waals surface area contributed by atoms with Crippen LogP contribution in [0.4, 0.5) is 5.69 Å². The van der Waals surface area contributed by atoms with Gasteiger partial charge in [0, 0.05) is 38.3 Å². The van der Waals surface area contributed by atoms with Crippen molar-refractivity contribution < 1.29 is 19.4 Å². The van der Waals surface area contributed by atoms with Crippen molar-refractivity contribution in [3.05, 3.63) is 24.0 Å². The Bertz CT molecular complexity index is 935. The molecule has 8 nitrogen and oxygen atoms in total. The Morgan fingerprint density at radius 1 is 1.19 bits per heavy atom. The highest BCUT2D eigenvalue weighted by Crippen LogP contribution is 2.29. The number of β-amino-alcohol motifs (C(OH)–C–C–N with tert-alkyl or cyclic N) is 1. The van der Waals surface area contributed by atoms with Crippen molar-refractivity contribution in [2.45, 2.75) is 57.6 Å². The molecule has 2 N–H and O–H groups in total. The number of imidazole rings is 1. The lowest BCUT2D eigenvalue weighted by molar-refractivity contribution is -0.120. The number of piperidine rings is 1. The van der Waals surface area contributed by atoms with Crippen molar-refractivity contribution in [1.82, 2.24) is 14.5 Å². The number of aromatic nitrogens is 2. The number of anilines is 1. The molecule has 2 fully saturated rings. The Morgan fingerprint density at radius 3 is 2.74 bits per heavy atom. The summed E-state index contributed by atoms with van der Waals surface area (Å²) in [5.74, 6) is -0.0959. The fourth-order valence-corrected chi connectivity index (χ4v) is 4.72. The van der Waals surface area contributed by atoms with Crippen LogP contribution in [0, 0.1) is 5.92 Å². The maximum Gasteiger partial charge on any atom is 0.256 e. The Hall–Kier alpha value is -2.45. The van der Waals surface area contributed by atoms with Crippen molar-refractivity contribution >= 4 is 28.5 Å². The summed E-state index contributed by atoms with van der Waals surface area (Å²) in [6.07, 6.45) is 7.88. The number of hydrogen-bond donors (Lipinski definition) is 2. The first-order valence-corrected chi connectivity index (χ1v) is 11.3. The van der Waals surface area contributed by atoms with Gasteiger partial charge in [-0.15, -0.1) is 0 Å². The Kier molecular flexibility index (Phi) is 6.87. The van der Waals surface area contributed by atoms with Crippen molar-refractivity contribution in [1.29, 1.82) is 0 Å². The van der Waals surface area contributed by atoms with E-state index in [4.69, 9.17) is 4.74 Å². The maximum absolute atomic E-state index is 13.5. The largest absolute Gasteiger partial charge is 0.391 e. The number of nitrogens with zero attached hydrogens (tertiary/aromatic N) is 3. The zero-order chi connectivity index (χ0) is 21.8. The molecule has 1 saturated carbocycles. The standard InChI is InChI=1S/C23H32N4O4/c1-31-11-10-27-15-24-20-13-17(25-22(29)16-6-3-2-4-7-16)12-19(21(20)27)23(30)26-9-5-8-18(28)14-26/h12-13,15-16,18,28H,2-11,14H2,1H3,(H,25,29)/t18-/m0/s1. The Labute approximate surface area is 182 Å². The summed E-state index contributed by atoms with van der Waals surface area (Å²) in [5.41, 5.74) is 2.50. The third-order valence-electron chi connectivity index (χ3n) is 6.41. The number of hydrogen-bond acceptors (Lipinski definition) is 5. The van der Waals surface area contributed by atoms with Gasteiger partial charge in [0.15, 0.2) is 0 Å². The molecule has 2 aromatic rings. The van der Waals surface area contributed by atoms with Crippen LogP contribution in [-0.4, -0.2) is 64.3 Å². The van der Waals surface area contributed by atoms with Crippen LogP contribution in [0.15, 0.2) is 18.5 Å². The number of benzene rings is 1. The van der Waals surface area contributed by atoms with E-state index in [1.165, 1.54) is 6.42 Å². The predicted octanol–water partition coefficient (Wildman–Crippen LogP) is 2.80. The van der Waals surface area contributed by atoms with Crippen LogP contribution < -0.4 is 5.32 Å². The van der Waals surface area contributed by atoms with Crippen LogP contribution in [0.25, 0.3) is 11.0 Å². The van der Waals surface area contributed by atoms with Crippen LogP contribution in [0.5, 0.6) is 0 Å². The van der Waals surface area contributed by atoms with Crippen LogP contribution in [0.3, 0.4) is 0 Å². The van der Waals surface area contributed by atoms with Gasteiger partial charge in [-0.3, -0.25) is 9.59 Å². The molecule has 0 bridgehead atoms. The molecule has 1 saturated heterocycles. The van der Waals surface area contributed by atoms with E-state index in [0.717, 1.165) is 37.6 Å². The van der Waals surface area contributed by atoms with Gasteiger partial charge in [-0.1, -0.05) is 19.3 Å². The fourth-order valence-electron chi connectivity index (χ4n) is 4.72. The second-order valence-electron chi connectivity index (χ2n) is 8.69. The van der Waals surface area contributed by atoms with Gasteiger partial charge in [-0.25, -0.2) is 4.98 Å². The van der Waals surface area contributed by atoms with E-state index in [0.29, 0.717) is 49.4 Å². The van der Waals surface area contributed by atoms with Gasteiger partial charge in [-0.2, -0.15) is 0 Å². The number of carbonyl (C=O) groups is 2. The van der Waals surface area contributed by atoms with Crippen molar-refractivity contribution in [3.63, 3.8) is 0 Å². The molecule has 1 aliphatic heterocycles. The highest BCUT2D eigenvalue weighted by atomic mass is 16.5. The maximum atomic E-state index is 13.5. The van der Waals surface area contributed by atoms with Gasteiger partial charge >= 0.3 is 0 Å². The number of nitrogens with one attached hydrogen (secondary N) is 1. The van der Waals surface area contributed by atoms with Gasteiger partial charge in [0.2, 0.25) is 5.91 Å². The minimum Gasteiger partial charge on any atom is -0.391 e. The fraction of sp³-hybridized carbons (Fsp3) is 0.609. The highest BCUT2D eigenvalue weighted by molar-refractivity contribution is 6.07.